The highest BCUT2D eigenvalue weighted by atomic mass is 32.2. The molecule has 1 aromatic heterocycles. The van der Waals surface area contributed by atoms with Crippen molar-refractivity contribution < 1.29 is 4.92 Å². The maximum Gasteiger partial charge on any atom is 0.283 e. The summed E-state index contributed by atoms with van der Waals surface area (Å²) in [6, 6.07) is 23.2. The fourth-order valence-electron chi connectivity index (χ4n) is 3.24. The summed E-state index contributed by atoms with van der Waals surface area (Å²) in [7, 11) is 0. The molecule has 6 heteroatoms. The van der Waals surface area contributed by atoms with Crippen molar-refractivity contribution >= 4 is 28.4 Å². The lowest BCUT2D eigenvalue weighted by Gasteiger charge is -2.06. The number of nitrogens with zero attached hydrogens (tertiary/aromatic N) is 2. The van der Waals surface area contributed by atoms with Crippen molar-refractivity contribution in [2.75, 3.05) is 0 Å². The molecule has 0 aliphatic rings. The van der Waals surface area contributed by atoms with Gasteiger partial charge in [0.1, 0.15) is 0 Å². The van der Waals surface area contributed by atoms with Crippen LogP contribution in [0.4, 0.5) is 5.69 Å². The lowest BCUT2D eigenvalue weighted by atomic mass is 10.1. The van der Waals surface area contributed by atoms with Crippen LogP contribution in [0.15, 0.2) is 88.8 Å². The second-order valence-corrected chi connectivity index (χ2v) is 7.57. The summed E-state index contributed by atoms with van der Waals surface area (Å²) >= 11 is 1.42. The molecule has 0 radical (unpaired) electrons. The van der Waals surface area contributed by atoms with Crippen molar-refractivity contribution in [1.29, 1.82) is 0 Å². The molecule has 0 saturated heterocycles. The predicted molar refractivity (Wildman–Crippen MR) is 113 cm³/mol. The summed E-state index contributed by atoms with van der Waals surface area (Å²) < 4.78 is 2.18. The van der Waals surface area contributed by atoms with Gasteiger partial charge in [0.15, 0.2) is 0 Å². The Hall–Kier alpha value is -3.09. The van der Waals surface area contributed by atoms with Gasteiger partial charge in [-0.15, -0.1) is 0 Å². The quantitative estimate of drug-likeness (QED) is 0.363. The first-order chi connectivity index (χ1) is 13.7. The van der Waals surface area contributed by atoms with Crippen LogP contribution in [-0.4, -0.2) is 9.49 Å². The van der Waals surface area contributed by atoms with E-state index in [9.17, 15) is 10.1 Å². The second-order valence-electron chi connectivity index (χ2n) is 6.49. The topological polar surface area (TPSA) is 74.1 Å². The zero-order valence-electron chi connectivity index (χ0n) is 15.1. The molecule has 0 unspecified atom stereocenters. The summed E-state index contributed by atoms with van der Waals surface area (Å²) in [5, 5.41) is 12.4. The van der Waals surface area contributed by atoms with Crippen molar-refractivity contribution in [3.8, 4) is 0 Å². The molecule has 0 fully saturated rings. The smallest absolute Gasteiger partial charge is 0.283 e. The summed E-state index contributed by atoms with van der Waals surface area (Å²) in [6.07, 6.45) is 2.07. The summed E-state index contributed by atoms with van der Waals surface area (Å²) in [6.45, 7) is 1.20. The van der Waals surface area contributed by atoms with Crippen LogP contribution in [0.5, 0.6) is 0 Å². The molecule has 0 amide bonds. The number of para-hydroxylation sites is 1. The number of hydrogen-bond donors (Lipinski definition) is 1. The molecular formula is C22H19N3O2S. The Morgan fingerprint density at radius 2 is 1.68 bits per heavy atom. The van der Waals surface area contributed by atoms with E-state index in [1.165, 1.54) is 23.4 Å². The maximum absolute atomic E-state index is 11.4. The van der Waals surface area contributed by atoms with Crippen LogP contribution in [-0.2, 0) is 13.1 Å². The predicted octanol–water partition coefficient (Wildman–Crippen LogP) is 5.21. The standard InChI is InChI=1S/C22H19N3O2S/c23-13-17-10-11-18-20(12-17)24(14-16-6-2-1-3-7-16)15-22(18)28-21-9-5-4-8-19(21)25(26)27/h1-12,15H,13-14,23H2. The number of hydrogen-bond acceptors (Lipinski definition) is 4. The van der Waals surface area contributed by atoms with Gasteiger partial charge in [0.05, 0.1) is 9.82 Å². The van der Waals surface area contributed by atoms with E-state index in [1.807, 2.05) is 30.3 Å². The summed E-state index contributed by atoms with van der Waals surface area (Å²) in [4.78, 5) is 12.7. The van der Waals surface area contributed by atoms with Gasteiger partial charge in [-0.05, 0) is 23.3 Å². The van der Waals surface area contributed by atoms with Gasteiger partial charge in [0.25, 0.3) is 5.69 Å². The number of nitrogens with two attached hydrogens (primary N) is 1. The minimum Gasteiger partial charge on any atom is -0.342 e. The molecular weight excluding hydrogens is 370 g/mol. The zero-order chi connectivity index (χ0) is 19.5. The minimum absolute atomic E-state index is 0.120. The first-order valence-electron chi connectivity index (χ1n) is 8.93. The fraction of sp³-hybridized carbons (Fsp3) is 0.0909. The molecule has 0 spiro atoms. The van der Waals surface area contributed by atoms with Crippen molar-refractivity contribution in [3.05, 3.63) is 100 Å². The number of benzene rings is 3. The molecule has 0 bridgehead atoms. The van der Waals surface area contributed by atoms with E-state index in [1.54, 1.807) is 12.1 Å². The normalized spacial score (nSPS) is 11.0. The van der Waals surface area contributed by atoms with E-state index >= 15 is 0 Å². The third-order valence-corrected chi connectivity index (χ3v) is 5.73. The fourth-order valence-corrected chi connectivity index (χ4v) is 4.33. The molecule has 0 saturated carbocycles. The third-order valence-electron chi connectivity index (χ3n) is 4.62. The zero-order valence-corrected chi connectivity index (χ0v) is 15.9. The molecule has 4 aromatic rings. The Bertz CT molecular complexity index is 1140. The van der Waals surface area contributed by atoms with Gasteiger partial charge in [-0.2, -0.15) is 0 Å². The van der Waals surface area contributed by atoms with Crippen LogP contribution in [0, 0.1) is 10.1 Å². The summed E-state index contributed by atoms with van der Waals surface area (Å²) in [5.74, 6) is 0. The number of nitro benzene ring substituents is 1. The SMILES string of the molecule is NCc1ccc2c(Sc3ccccc3[N+](=O)[O-])cn(Cc3ccccc3)c2c1. The maximum atomic E-state index is 11.4. The first-order valence-corrected chi connectivity index (χ1v) is 9.74. The van der Waals surface area contributed by atoms with Crippen molar-refractivity contribution in [3.63, 3.8) is 0 Å². The van der Waals surface area contributed by atoms with Crippen LogP contribution in [0.2, 0.25) is 0 Å². The lowest BCUT2D eigenvalue weighted by molar-refractivity contribution is -0.387. The molecule has 28 heavy (non-hydrogen) atoms. The van der Waals surface area contributed by atoms with Gasteiger partial charge in [-0.3, -0.25) is 10.1 Å². The van der Waals surface area contributed by atoms with Crippen molar-refractivity contribution in [2.24, 2.45) is 5.73 Å². The Labute approximate surface area is 166 Å². The van der Waals surface area contributed by atoms with Gasteiger partial charge in [0.2, 0.25) is 0 Å². The number of rotatable bonds is 6. The number of aromatic nitrogens is 1. The third kappa shape index (κ3) is 3.65. The highest BCUT2D eigenvalue weighted by Crippen LogP contribution is 2.39. The molecule has 0 aliphatic heterocycles. The van der Waals surface area contributed by atoms with Gasteiger partial charge in [-0.25, -0.2) is 0 Å². The summed E-state index contributed by atoms with van der Waals surface area (Å²) in [5.41, 5.74) is 9.29. The van der Waals surface area contributed by atoms with E-state index in [2.05, 4.69) is 35.0 Å². The van der Waals surface area contributed by atoms with Gasteiger partial charge in [-0.1, -0.05) is 66.4 Å². The van der Waals surface area contributed by atoms with E-state index in [-0.39, 0.29) is 10.6 Å². The highest BCUT2D eigenvalue weighted by Gasteiger charge is 2.17. The molecule has 5 nitrogen and oxygen atoms in total. The number of nitro groups is 1. The first kappa shape index (κ1) is 18.3. The van der Waals surface area contributed by atoms with E-state index in [4.69, 9.17) is 5.73 Å². The van der Waals surface area contributed by atoms with Gasteiger partial charge in [0, 0.05) is 41.2 Å². The van der Waals surface area contributed by atoms with Crippen molar-refractivity contribution in [2.45, 2.75) is 22.9 Å². The minimum atomic E-state index is -0.335. The van der Waals surface area contributed by atoms with Gasteiger partial charge >= 0.3 is 0 Å². The van der Waals surface area contributed by atoms with E-state index < -0.39 is 0 Å². The molecule has 1 heterocycles. The Morgan fingerprint density at radius 1 is 0.929 bits per heavy atom. The monoisotopic (exact) mass is 389 g/mol. The van der Waals surface area contributed by atoms with Crippen LogP contribution in [0.25, 0.3) is 10.9 Å². The largest absolute Gasteiger partial charge is 0.342 e. The number of fused-ring (bicyclic) bond motifs is 1. The molecule has 140 valence electrons. The Kier molecular flexibility index (Phi) is 5.14. The van der Waals surface area contributed by atoms with E-state index in [0.717, 1.165) is 27.9 Å². The average molecular weight is 389 g/mol. The van der Waals surface area contributed by atoms with Crippen LogP contribution >= 0.6 is 11.8 Å². The van der Waals surface area contributed by atoms with Crippen molar-refractivity contribution in [1.82, 2.24) is 4.57 Å². The van der Waals surface area contributed by atoms with Crippen LogP contribution in [0.3, 0.4) is 0 Å². The lowest BCUT2D eigenvalue weighted by Crippen LogP contribution is -1.99. The Balaban J connectivity index is 1.80. The molecule has 4 rings (SSSR count). The Morgan fingerprint density at radius 3 is 2.43 bits per heavy atom. The average Bonchev–Trinajstić information content (AvgIpc) is 3.05. The molecule has 0 atom stereocenters. The molecule has 0 aliphatic carbocycles. The molecule has 3 aromatic carbocycles. The molecule has 2 N–H and O–H groups in total. The van der Waals surface area contributed by atoms with E-state index in [0.29, 0.717) is 11.4 Å². The highest BCUT2D eigenvalue weighted by molar-refractivity contribution is 7.99. The van der Waals surface area contributed by atoms with Crippen LogP contribution in [0.1, 0.15) is 11.1 Å². The second kappa shape index (κ2) is 7.88. The van der Waals surface area contributed by atoms with Gasteiger partial charge < -0.3 is 10.3 Å². The van der Waals surface area contributed by atoms with Crippen LogP contribution < -0.4 is 5.73 Å².